The van der Waals surface area contributed by atoms with E-state index >= 15 is 0 Å². The third-order valence-corrected chi connectivity index (χ3v) is 3.51. The Labute approximate surface area is 143 Å². The highest BCUT2D eigenvalue weighted by atomic mass is 19.1. The Kier molecular flexibility index (Phi) is 4.70. The number of esters is 1. The second-order valence-corrected chi connectivity index (χ2v) is 5.46. The summed E-state index contributed by atoms with van der Waals surface area (Å²) in [6.45, 7) is 1.31. The van der Waals surface area contributed by atoms with Crippen molar-refractivity contribution in [1.82, 2.24) is 4.98 Å². The van der Waals surface area contributed by atoms with Crippen molar-refractivity contribution in [2.45, 2.75) is 6.92 Å². The molecule has 0 unspecified atom stereocenters. The van der Waals surface area contributed by atoms with Gasteiger partial charge in [0, 0.05) is 16.8 Å². The highest BCUT2D eigenvalue weighted by molar-refractivity contribution is 6.04. The molecule has 0 aliphatic heterocycles. The zero-order chi connectivity index (χ0) is 17.8. The number of benzene rings is 2. The smallest absolute Gasteiger partial charge is 0.339 e. The Hall–Kier alpha value is -3.28. The summed E-state index contributed by atoms with van der Waals surface area (Å²) in [5, 5.41) is 3.13. The summed E-state index contributed by atoms with van der Waals surface area (Å²) in [4.78, 5) is 28.6. The number of para-hydroxylation sites is 1. The standard InChI is InChI=1S/C19H15FN2O3/c1-12-9-16(15-7-2-3-8-17(15)21-12)19(24)25-11-18(23)22-14-6-4-5-13(20)10-14/h2-10H,11H2,1H3,(H,22,23). The lowest BCUT2D eigenvalue weighted by Crippen LogP contribution is -2.21. The van der Waals surface area contributed by atoms with Crippen LogP contribution in [0.5, 0.6) is 0 Å². The van der Waals surface area contributed by atoms with E-state index in [4.69, 9.17) is 4.74 Å². The van der Waals surface area contributed by atoms with Gasteiger partial charge < -0.3 is 10.1 Å². The molecule has 0 aliphatic carbocycles. The van der Waals surface area contributed by atoms with Crippen molar-refractivity contribution in [3.8, 4) is 0 Å². The molecule has 3 rings (SSSR count). The van der Waals surface area contributed by atoms with Crippen molar-refractivity contribution in [2.24, 2.45) is 0 Å². The SMILES string of the molecule is Cc1cc(C(=O)OCC(=O)Nc2cccc(F)c2)c2ccccc2n1. The van der Waals surface area contributed by atoms with Gasteiger partial charge in [-0.1, -0.05) is 24.3 Å². The van der Waals surface area contributed by atoms with Crippen LogP contribution in [0, 0.1) is 12.7 Å². The first-order valence-electron chi connectivity index (χ1n) is 7.62. The van der Waals surface area contributed by atoms with Crippen LogP contribution in [0.1, 0.15) is 16.1 Å². The maximum atomic E-state index is 13.1. The van der Waals surface area contributed by atoms with Gasteiger partial charge in [-0.2, -0.15) is 0 Å². The molecule has 0 bridgehead atoms. The van der Waals surface area contributed by atoms with Crippen LogP contribution < -0.4 is 5.32 Å². The average molecular weight is 338 g/mol. The Bertz CT molecular complexity index is 956. The third-order valence-electron chi connectivity index (χ3n) is 3.51. The number of nitrogens with zero attached hydrogens (tertiary/aromatic N) is 1. The number of anilines is 1. The Morgan fingerprint density at radius 2 is 1.92 bits per heavy atom. The zero-order valence-electron chi connectivity index (χ0n) is 13.5. The van der Waals surface area contributed by atoms with Gasteiger partial charge in [0.1, 0.15) is 5.82 Å². The molecule has 1 aromatic heterocycles. The van der Waals surface area contributed by atoms with E-state index in [0.29, 0.717) is 27.8 Å². The number of rotatable bonds is 4. The van der Waals surface area contributed by atoms with Crippen molar-refractivity contribution in [1.29, 1.82) is 0 Å². The number of hydrogen-bond donors (Lipinski definition) is 1. The molecule has 2 aromatic carbocycles. The molecule has 0 spiro atoms. The van der Waals surface area contributed by atoms with Gasteiger partial charge in [-0.3, -0.25) is 9.78 Å². The van der Waals surface area contributed by atoms with E-state index in [9.17, 15) is 14.0 Å². The van der Waals surface area contributed by atoms with Gasteiger partial charge in [0.2, 0.25) is 0 Å². The van der Waals surface area contributed by atoms with Gasteiger partial charge >= 0.3 is 5.97 Å². The lowest BCUT2D eigenvalue weighted by atomic mass is 10.1. The molecule has 0 atom stereocenters. The minimum Gasteiger partial charge on any atom is -0.452 e. The number of fused-ring (bicyclic) bond motifs is 1. The summed E-state index contributed by atoms with van der Waals surface area (Å²) >= 11 is 0. The Morgan fingerprint density at radius 1 is 1.12 bits per heavy atom. The molecule has 0 saturated carbocycles. The number of carbonyl (C=O) groups excluding carboxylic acids is 2. The lowest BCUT2D eigenvalue weighted by molar-refractivity contribution is -0.119. The number of ether oxygens (including phenoxy) is 1. The predicted molar refractivity (Wildman–Crippen MR) is 91.8 cm³/mol. The predicted octanol–water partition coefficient (Wildman–Crippen LogP) is 3.48. The van der Waals surface area contributed by atoms with Crippen molar-refractivity contribution < 1.29 is 18.7 Å². The van der Waals surface area contributed by atoms with E-state index in [2.05, 4.69) is 10.3 Å². The zero-order valence-corrected chi connectivity index (χ0v) is 13.5. The fourth-order valence-corrected chi connectivity index (χ4v) is 2.45. The highest BCUT2D eigenvalue weighted by Gasteiger charge is 2.15. The lowest BCUT2D eigenvalue weighted by Gasteiger charge is -2.09. The van der Waals surface area contributed by atoms with E-state index in [-0.39, 0.29) is 0 Å². The van der Waals surface area contributed by atoms with Gasteiger partial charge in [-0.05, 0) is 37.3 Å². The fraction of sp³-hybridized carbons (Fsp3) is 0.105. The number of amides is 1. The normalized spacial score (nSPS) is 10.5. The van der Waals surface area contributed by atoms with Gasteiger partial charge in [-0.25, -0.2) is 9.18 Å². The van der Waals surface area contributed by atoms with Crippen LogP contribution in [0.15, 0.2) is 54.6 Å². The van der Waals surface area contributed by atoms with Crippen LogP contribution in [0.4, 0.5) is 10.1 Å². The van der Waals surface area contributed by atoms with E-state index in [0.717, 1.165) is 0 Å². The fourth-order valence-electron chi connectivity index (χ4n) is 2.45. The number of aryl methyl sites for hydroxylation is 1. The molecule has 0 saturated heterocycles. The highest BCUT2D eigenvalue weighted by Crippen LogP contribution is 2.19. The number of pyridine rings is 1. The summed E-state index contributed by atoms with van der Waals surface area (Å²) in [6, 6.07) is 14.3. The first-order valence-corrected chi connectivity index (χ1v) is 7.62. The number of carbonyl (C=O) groups is 2. The van der Waals surface area contributed by atoms with Crippen LogP contribution in [-0.4, -0.2) is 23.5 Å². The first kappa shape index (κ1) is 16.6. The van der Waals surface area contributed by atoms with Crippen LogP contribution in [-0.2, 0) is 9.53 Å². The first-order chi connectivity index (χ1) is 12.0. The molecule has 6 heteroatoms. The summed E-state index contributed by atoms with van der Waals surface area (Å²) in [7, 11) is 0. The van der Waals surface area contributed by atoms with Crippen molar-refractivity contribution in [2.75, 3.05) is 11.9 Å². The molecule has 25 heavy (non-hydrogen) atoms. The largest absolute Gasteiger partial charge is 0.452 e. The molecular formula is C19H15FN2O3. The van der Waals surface area contributed by atoms with Gasteiger partial charge in [0.25, 0.3) is 5.91 Å². The summed E-state index contributed by atoms with van der Waals surface area (Å²) in [6.07, 6.45) is 0. The maximum absolute atomic E-state index is 13.1. The van der Waals surface area contributed by atoms with Gasteiger partial charge in [0.05, 0.1) is 11.1 Å². The molecule has 0 aliphatic rings. The second kappa shape index (κ2) is 7.09. The molecule has 126 valence electrons. The summed E-state index contributed by atoms with van der Waals surface area (Å²) < 4.78 is 18.2. The number of nitrogens with one attached hydrogen (secondary N) is 1. The molecule has 1 amide bonds. The monoisotopic (exact) mass is 338 g/mol. The maximum Gasteiger partial charge on any atom is 0.339 e. The molecule has 5 nitrogen and oxygen atoms in total. The molecule has 1 N–H and O–H groups in total. The second-order valence-electron chi connectivity index (χ2n) is 5.46. The van der Waals surface area contributed by atoms with Crippen molar-refractivity contribution in [3.05, 3.63) is 71.7 Å². The minimum absolute atomic E-state index is 0.297. The third kappa shape index (κ3) is 3.98. The van der Waals surface area contributed by atoms with Crippen molar-refractivity contribution in [3.63, 3.8) is 0 Å². The molecule has 0 radical (unpaired) electrons. The van der Waals surface area contributed by atoms with E-state index in [1.165, 1.54) is 18.2 Å². The number of aromatic nitrogens is 1. The van der Waals surface area contributed by atoms with E-state index in [1.807, 2.05) is 6.07 Å². The average Bonchev–Trinajstić information content (AvgIpc) is 2.59. The Balaban J connectivity index is 1.70. The number of halogens is 1. The summed E-state index contributed by atoms with van der Waals surface area (Å²) in [5.74, 6) is -1.63. The number of hydrogen-bond acceptors (Lipinski definition) is 4. The minimum atomic E-state index is -0.615. The van der Waals surface area contributed by atoms with Crippen LogP contribution in [0.3, 0.4) is 0 Å². The van der Waals surface area contributed by atoms with Crippen LogP contribution >= 0.6 is 0 Å². The van der Waals surface area contributed by atoms with Crippen LogP contribution in [0.25, 0.3) is 10.9 Å². The molecule has 0 fully saturated rings. The van der Waals surface area contributed by atoms with E-state index < -0.39 is 24.3 Å². The van der Waals surface area contributed by atoms with Gasteiger partial charge in [-0.15, -0.1) is 0 Å². The molecule has 1 heterocycles. The molecule has 3 aromatic rings. The quantitative estimate of drug-likeness (QED) is 0.740. The van der Waals surface area contributed by atoms with Crippen LogP contribution in [0.2, 0.25) is 0 Å². The molecular weight excluding hydrogens is 323 g/mol. The van der Waals surface area contributed by atoms with Crippen molar-refractivity contribution >= 4 is 28.5 Å². The summed E-state index contributed by atoms with van der Waals surface area (Å²) in [5.41, 5.74) is 2.00. The van der Waals surface area contributed by atoms with Gasteiger partial charge in [0.15, 0.2) is 6.61 Å². The topological polar surface area (TPSA) is 68.3 Å². The Morgan fingerprint density at radius 3 is 2.72 bits per heavy atom. The van der Waals surface area contributed by atoms with E-state index in [1.54, 1.807) is 37.3 Å².